The zero-order valence-corrected chi connectivity index (χ0v) is 9.50. The quantitative estimate of drug-likeness (QED) is 0.627. The third-order valence-electron chi connectivity index (χ3n) is 2.84. The molecule has 0 heterocycles. The van der Waals surface area contributed by atoms with E-state index in [1.807, 2.05) is 24.3 Å². The highest BCUT2D eigenvalue weighted by molar-refractivity contribution is 6.11. The number of fused-ring (bicyclic) bond motifs is 1. The molecule has 1 aromatic rings. The lowest BCUT2D eigenvalue weighted by Crippen LogP contribution is -2.22. The van der Waals surface area contributed by atoms with Crippen molar-refractivity contribution < 1.29 is 4.79 Å². The maximum atomic E-state index is 12.2. The SMILES string of the molecule is CC(C)(C)C1=CCc2ccccc2C1=O. The van der Waals surface area contributed by atoms with E-state index in [2.05, 4.69) is 26.8 Å². The van der Waals surface area contributed by atoms with Gasteiger partial charge in [-0.3, -0.25) is 4.79 Å². The molecule has 0 saturated heterocycles. The Hall–Kier alpha value is -1.37. The Morgan fingerprint density at radius 1 is 1.13 bits per heavy atom. The van der Waals surface area contributed by atoms with Crippen LogP contribution in [0.1, 0.15) is 36.7 Å². The number of rotatable bonds is 0. The highest BCUT2D eigenvalue weighted by atomic mass is 16.1. The van der Waals surface area contributed by atoms with Gasteiger partial charge in [0, 0.05) is 11.1 Å². The molecule has 1 aromatic carbocycles. The summed E-state index contributed by atoms with van der Waals surface area (Å²) in [6.07, 6.45) is 2.96. The Bertz CT molecular complexity index is 433. The summed E-state index contributed by atoms with van der Waals surface area (Å²) >= 11 is 0. The maximum absolute atomic E-state index is 12.2. The Morgan fingerprint density at radius 2 is 1.80 bits per heavy atom. The second-order valence-corrected chi connectivity index (χ2v) is 5.06. The molecule has 1 aliphatic rings. The summed E-state index contributed by atoms with van der Waals surface area (Å²) in [4.78, 5) is 12.2. The summed E-state index contributed by atoms with van der Waals surface area (Å²) in [5.74, 6) is 0.198. The minimum atomic E-state index is -0.0510. The monoisotopic (exact) mass is 200 g/mol. The van der Waals surface area contributed by atoms with Crippen molar-refractivity contribution in [1.82, 2.24) is 0 Å². The second kappa shape index (κ2) is 3.34. The van der Waals surface area contributed by atoms with Crippen molar-refractivity contribution in [1.29, 1.82) is 0 Å². The number of carbonyl (C=O) groups is 1. The van der Waals surface area contributed by atoms with Gasteiger partial charge in [-0.2, -0.15) is 0 Å². The summed E-state index contributed by atoms with van der Waals surface area (Å²) in [6.45, 7) is 6.26. The van der Waals surface area contributed by atoms with Gasteiger partial charge in [-0.15, -0.1) is 0 Å². The predicted molar refractivity (Wildman–Crippen MR) is 62.0 cm³/mol. The number of allylic oxidation sites excluding steroid dienone is 2. The number of hydrogen-bond acceptors (Lipinski definition) is 1. The third-order valence-corrected chi connectivity index (χ3v) is 2.84. The van der Waals surface area contributed by atoms with Crippen LogP contribution < -0.4 is 0 Å². The van der Waals surface area contributed by atoms with Crippen LogP contribution in [0.4, 0.5) is 0 Å². The van der Waals surface area contributed by atoms with Crippen molar-refractivity contribution in [2.24, 2.45) is 5.41 Å². The molecule has 0 unspecified atom stereocenters. The topological polar surface area (TPSA) is 17.1 Å². The number of carbonyl (C=O) groups excluding carboxylic acids is 1. The molecule has 0 fully saturated rings. The molecular formula is C14H16O. The highest BCUT2D eigenvalue weighted by Gasteiger charge is 2.28. The van der Waals surface area contributed by atoms with Crippen LogP contribution in [0.5, 0.6) is 0 Å². The minimum Gasteiger partial charge on any atom is -0.289 e. The zero-order valence-electron chi connectivity index (χ0n) is 9.50. The first kappa shape index (κ1) is 10.2. The van der Waals surface area contributed by atoms with Crippen LogP contribution in [-0.2, 0) is 6.42 Å². The first-order chi connectivity index (χ1) is 7.00. The van der Waals surface area contributed by atoms with Crippen LogP contribution in [0.3, 0.4) is 0 Å². The van der Waals surface area contributed by atoms with Crippen LogP contribution in [0, 0.1) is 5.41 Å². The molecule has 0 aromatic heterocycles. The van der Waals surface area contributed by atoms with Crippen LogP contribution in [0.15, 0.2) is 35.9 Å². The van der Waals surface area contributed by atoms with Crippen LogP contribution in [-0.4, -0.2) is 5.78 Å². The van der Waals surface area contributed by atoms with Gasteiger partial charge in [0.1, 0.15) is 0 Å². The molecule has 2 rings (SSSR count). The smallest absolute Gasteiger partial charge is 0.189 e. The predicted octanol–water partition coefficient (Wildman–Crippen LogP) is 3.40. The fourth-order valence-corrected chi connectivity index (χ4v) is 2.02. The standard InChI is InChI=1S/C14H16O/c1-14(2,3)12-9-8-10-6-4-5-7-11(10)13(12)15/h4-7,9H,8H2,1-3H3. The Morgan fingerprint density at radius 3 is 2.47 bits per heavy atom. The van der Waals surface area contributed by atoms with Crippen LogP contribution in [0.25, 0.3) is 0 Å². The molecule has 1 heteroatoms. The highest BCUT2D eigenvalue weighted by Crippen LogP contribution is 2.32. The lowest BCUT2D eigenvalue weighted by atomic mass is 9.77. The molecular weight excluding hydrogens is 184 g/mol. The van der Waals surface area contributed by atoms with E-state index in [1.54, 1.807) is 0 Å². The second-order valence-electron chi connectivity index (χ2n) is 5.06. The molecule has 78 valence electrons. The number of ketones is 1. The molecule has 0 saturated carbocycles. The zero-order chi connectivity index (χ0) is 11.1. The summed E-state index contributed by atoms with van der Waals surface area (Å²) in [5.41, 5.74) is 2.92. The van der Waals surface area contributed by atoms with Gasteiger partial charge in [0.2, 0.25) is 0 Å². The molecule has 0 amide bonds. The summed E-state index contributed by atoms with van der Waals surface area (Å²) in [6, 6.07) is 7.88. The lowest BCUT2D eigenvalue weighted by Gasteiger charge is -2.25. The van der Waals surface area contributed by atoms with Crippen molar-refractivity contribution in [3.05, 3.63) is 47.0 Å². The molecule has 0 bridgehead atoms. The van der Waals surface area contributed by atoms with Crippen molar-refractivity contribution in [2.75, 3.05) is 0 Å². The normalized spacial score (nSPS) is 15.9. The summed E-state index contributed by atoms with van der Waals surface area (Å²) in [7, 11) is 0. The molecule has 15 heavy (non-hydrogen) atoms. The summed E-state index contributed by atoms with van der Waals surface area (Å²) < 4.78 is 0. The van der Waals surface area contributed by atoms with E-state index in [4.69, 9.17) is 0 Å². The van der Waals surface area contributed by atoms with Gasteiger partial charge in [0.25, 0.3) is 0 Å². The Labute approximate surface area is 90.8 Å². The molecule has 0 N–H and O–H groups in total. The van der Waals surface area contributed by atoms with Gasteiger partial charge >= 0.3 is 0 Å². The van der Waals surface area contributed by atoms with Gasteiger partial charge < -0.3 is 0 Å². The van der Waals surface area contributed by atoms with Crippen molar-refractivity contribution in [3.8, 4) is 0 Å². The number of hydrogen-bond donors (Lipinski definition) is 0. The fourth-order valence-electron chi connectivity index (χ4n) is 2.02. The van der Waals surface area contributed by atoms with Gasteiger partial charge in [-0.1, -0.05) is 51.1 Å². The molecule has 0 atom stereocenters. The largest absolute Gasteiger partial charge is 0.289 e. The first-order valence-corrected chi connectivity index (χ1v) is 5.33. The minimum absolute atomic E-state index is 0.0510. The average Bonchev–Trinajstić information content (AvgIpc) is 2.16. The van der Waals surface area contributed by atoms with Crippen molar-refractivity contribution in [2.45, 2.75) is 27.2 Å². The fraction of sp³-hybridized carbons (Fsp3) is 0.357. The molecule has 0 radical (unpaired) electrons. The van der Waals surface area contributed by atoms with Crippen LogP contribution >= 0.6 is 0 Å². The average molecular weight is 200 g/mol. The molecule has 0 aliphatic heterocycles. The van der Waals surface area contributed by atoms with Crippen molar-refractivity contribution in [3.63, 3.8) is 0 Å². The van der Waals surface area contributed by atoms with Gasteiger partial charge in [0.15, 0.2) is 5.78 Å². The van der Waals surface area contributed by atoms with Gasteiger partial charge in [-0.05, 0) is 17.4 Å². The van der Waals surface area contributed by atoms with E-state index in [-0.39, 0.29) is 11.2 Å². The van der Waals surface area contributed by atoms with Gasteiger partial charge in [-0.25, -0.2) is 0 Å². The first-order valence-electron chi connectivity index (χ1n) is 5.33. The number of benzene rings is 1. The Balaban J connectivity index is 2.47. The maximum Gasteiger partial charge on any atom is 0.189 e. The van der Waals surface area contributed by atoms with E-state index in [0.29, 0.717) is 0 Å². The number of Topliss-reactive ketones (excluding diaryl/α,β-unsaturated/α-hetero) is 1. The lowest BCUT2D eigenvalue weighted by molar-refractivity contribution is 0.101. The molecule has 1 aliphatic carbocycles. The third kappa shape index (κ3) is 1.74. The summed E-state index contributed by atoms with van der Waals surface area (Å²) in [5, 5.41) is 0. The van der Waals surface area contributed by atoms with Crippen molar-refractivity contribution >= 4 is 5.78 Å². The van der Waals surface area contributed by atoms with E-state index >= 15 is 0 Å². The Kier molecular flexibility index (Phi) is 2.26. The van der Waals surface area contributed by atoms with E-state index in [0.717, 1.165) is 23.1 Å². The van der Waals surface area contributed by atoms with E-state index in [1.165, 1.54) is 0 Å². The van der Waals surface area contributed by atoms with Gasteiger partial charge in [0.05, 0.1) is 0 Å². The van der Waals surface area contributed by atoms with E-state index in [9.17, 15) is 4.79 Å². The molecule has 1 nitrogen and oxygen atoms in total. The van der Waals surface area contributed by atoms with E-state index < -0.39 is 0 Å². The van der Waals surface area contributed by atoms with Crippen LogP contribution in [0.2, 0.25) is 0 Å². The molecule has 0 spiro atoms.